The molecule has 0 aromatic carbocycles. The zero-order chi connectivity index (χ0) is 10.2. The van der Waals surface area contributed by atoms with E-state index in [0.717, 1.165) is 19.4 Å². The Morgan fingerprint density at radius 2 is 2.21 bits per heavy atom. The van der Waals surface area contributed by atoms with Crippen LogP contribution in [-0.4, -0.2) is 47.3 Å². The molecule has 1 unspecified atom stereocenters. The Morgan fingerprint density at radius 1 is 1.50 bits per heavy atom. The minimum Gasteiger partial charge on any atom is -0.394 e. The Balaban J connectivity index is 1.79. The summed E-state index contributed by atoms with van der Waals surface area (Å²) in [5.74, 6) is 0. The molecule has 1 aliphatic carbocycles. The van der Waals surface area contributed by atoms with Crippen molar-refractivity contribution in [3.8, 4) is 0 Å². The topological polar surface area (TPSA) is 35.5 Å². The Hall–Kier alpha value is -0.120. The van der Waals surface area contributed by atoms with E-state index in [-0.39, 0.29) is 5.54 Å². The van der Waals surface area contributed by atoms with Gasteiger partial charge < -0.3 is 10.4 Å². The summed E-state index contributed by atoms with van der Waals surface area (Å²) in [6, 6.07) is 1.26. The molecule has 1 atom stereocenters. The minimum atomic E-state index is 0.109. The zero-order valence-electron chi connectivity index (χ0n) is 9.29. The summed E-state index contributed by atoms with van der Waals surface area (Å²) >= 11 is 0. The Bertz CT molecular complexity index is 201. The van der Waals surface area contributed by atoms with Crippen LogP contribution >= 0.6 is 0 Å². The quantitative estimate of drug-likeness (QED) is 0.694. The van der Waals surface area contributed by atoms with Gasteiger partial charge in [-0.2, -0.15) is 0 Å². The number of aliphatic hydroxyl groups is 1. The normalized spacial score (nSPS) is 31.3. The van der Waals surface area contributed by atoms with Gasteiger partial charge in [0.25, 0.3) is 0 Å². The van der Waals surface area contributed by atoms with Crippen molar-refractivity contribution >= 4 is 0 Å². The van der Waals surface area contributed by atoms with Gasteiger partial charge in [0, 0.05) is 24.2 Å². The summed E-state index contributed by atoms with van der Waals surface area (Å²) in [5, 5.41) is 12.8. The lowest BCUT2D eigenvalue weighted by Gasteiger charge is -2.23. The molecular formula is C11H22N2O. The van der Waals surface area contributed by atoms with Crippen LogP contribution in [0.4, 0.5) is 0 Å². The molecule has 3 nitrogen and oxygen atoms in total. The molecule has 1 saturated carbocycles. The molecule has 2 aliphatic rings. The van der Waals surface area contributed by atoms with E-state index in [4.69, 9.17) is 0 Å². The molecule has 3 heteroatoms. The maximum Gasteiger partial charge on any atom is 0.0613 e. The van der Waals surface area contributed by atoms with Crippen molar-refractivity contribution in [1.82, 2.24) is 10.2 Å². The van der Waals surface area contributed by atoms with Crippen LogP contribution in [0.1, 0.15) is 33.1 Å². The van der Waals surface area contributed by atoms with E-state index in [1.807, 2.05) is 0 Å². The van der Waals surface area contributed by atoms with Crippen molar-refractivity contribution in [3.05, 3.63) is 0 Å². The molecule has 0 radical (unpaired) electrons. The number of hydrogen-bond acceptors (Lipinski definition) is 3. The molecular weight excluding hydrogens is 176 g/mol. The second-order valence-electron chi connectivity index (χ2n) is 5.16. The lowest BCUT2D eigenvalue weighted by Crippen LogP contribution is -2.44. The molecule has 2 rings (SSSR count). The second kappa shape index (κ2) is 3.80. The SMILES string of the molecule is CC(C)N1CCC(NC2(CO)CC2)C1. The van der Waals surface area contributed by atoms with Crippen molar-refractivity contribution in [2.45, 2.75) is 50.7 Å². The van der Waals surface area contributed by atoms with E-state index in [1.165, 1.54) is 13.0 Å². The summed E-state index contributed by atoms with van der Waals surface area (Å²) in [7, 11) is 0. The molecule has 0 aromatic rings. The van der Waals surface area contributed by atoms with Gasteiger partial charge in [0.1, 0.15) is 0 Å². The first-order valence-electron chi connectivity index (χ1n) is 5.78. The number of likely N-dealkylation sites (tertiary alicyclic amines) is 1. The largest absolute Gasteiger partial charge is 0.394 e. The third-order valence-electron chi connectivity index (χ3n) is 3.62. The highest BCUT2D eigenvalue weighted by molar-refractivity contribution is 5.04. The highest BCUT2D eigenvalue weighted by Crippen LogP contribution is 2.35. The zero-order valence-corrected chi connectivity index (χ0v) is 9.29. The predicted molar refractivity (Wildman–Crippen MR) is 57.3 cm³/mol. The van der Waals surface area contributed by atoms with Crippen LogP contribution in [0.25, 0.3) is 0 Å². The van der Waals surface area contributed by atoms with Crippen molar-refractivity contribution in [1.29, 1.82) is 0 Å². The van der Waals surface area contributed by atoms with E-state index < -0.39 is 0 Å². The van der Waals surface area contributed by atoms with Crippen LogP contribution in [0.2, 0.25) is 0 Å². The lowest BCUT2D eigenvalue weighted by atomic mass is 10.2. The Kier molecular flexibility index (Phi) is 2.82. The van der Waals surface area contributed by atoms with Gasteiger partial charge in [-0.05, 0) is 39.7 Å². The Morgan fingerprint density at radius 3 is 2.64 bits per heavy atom. The van der Waals surface area contributed by atoms with Gasteiger partial charge in [0.2, 0.25) is 0 Å². The first-order chi connectivity index (χ1) is 6.65. The van der Waals surface area contributed by atoms with E-state index >= 15 is 0 Å². The summed E-state index contributed by atoms with van der Waals surface area (Å²) in [6.45, 7) is 7.17. The second-order valence-corrected chi connectivity index (χ2v) is 5.16. The molecule has 1 aliphatic heterocycles. The van der Waals surface area contributed by atoms with Gasteiger partial charge in [-0.25, -0.2) is 0 Å². The minimum absolute atomic E-state index is 0.109. The molecule has 14 heavy (non-hydrogen) atoms. The number of aliphatic hydroxyl groups excluding tert-OH is 1. The summed E-state index contributed by atoms with van der Waals surface area (Å²) < 4.78 is 0. The van der Waals surface area contributed by atoms with Gasteiger partial charge in [-0.1, -0.05) is 0 Å². The Labute approximate surface area is 86.5 Å². The maximum absolute atomic E-state index is 9.22. The average molecular weight is 198 g/mol. The fourth-order valence-corrected chi connectivity index (χ4v) is 2.31. The molecule has 0 amide bonds. The van der Waals surface area contributed by atoms with Gasteiger partial charge in [-0.3, -0.25) is 4.90 Å². The van der Waals surface area contributed by atoms with Crippen LogP contribution in [0.15, 0.2) is 0 Å². The fraction of sp³-hybridized carbons (Fsp3) is 1.00. The van der Waals surface area contributed by atoms with Crippen molar-refractivity contribution in [2.24, 2.45) is 0 Å². The van der Waals surface area contributed by atoms with E-state index in [2.05, 4.69) is 24.1 Å². The van der Waals surface area contributed by atoms with Gasteiger partial charge in [0.15, 0.2) is 0 Å². The average Bonchev–Trinajstić information content (AvgIpc) is 2.75. The number of nitrogens with zero attached hydrogens (tertiary/aromatic N) is 1. The summed E-state index contributed by atoms with van der Waals surface area (Å²) in [6.07, 6.45) is 3.54. The molecule has 2 N–H and O–H groups in total. The molecule has 82 valence electrons. The molecule has 1 saturated heterocycles. The van der Waals surface area contributed by atoms with Crippen LogP contribution in [0.5, 0.6) is 0 Å². The molecule has 0 spiro atoms. The smallest absolute Gasteiger partial charge is 0.0613 e. The van der Waals surface area contributed by atoms with Crippen molar-refractivity contribution in [2.75, 3.05) is 19.7 Å². The number of nitrogens with one attached hydrogen (secondary N) is 1. The van der Waals surface area contributed by atoms with Crippen LogP contribution in [0, 0.1) is 0 Å². The molecule has 1 heterocycles. The highest BCUT2D eigenvalue weighted by atomic mass is 16.3. The van der Waals surface area contributed by atoms with Crippen molar-refractivity contribution in [3.63, 3.8) is 0 Å². The van der Waals surface area contributed by atoms with E-state index in [1.54, 1.807) is 0 Å². The molecule has 0 bridgehead atoms. The summed E-state index contributed by atoms with van der Waals surface area (Å²) in [5.41, 5.74) is 0.109. The standard InChI is InChI=1S/C11H22N2O/c1-9(2)13-6-3-10(7-13)12-11(8-14)4-5-11/h9-10,12,14H,3-8H2,1-2H3. The lowest BCUT2D eigenvalue weighted by molar-refractivity contribution is 0.212. The first-order valence-corrected chi connectivity index (χ1v) is 5.78. The van der Waals surface area contributed by atoms with E-state index in [9.17, 15) is 5.11 Å². The monoisotopic (exact) mass is 198 g/mol. The third kappa shape index (κ3) is 2.10. The number of hydrogen-bond donors (Lipinski definition) is 2. The number of rotatable bonds is 4. The van der Waals surface area contributed by atoms with Crippen molar-refractivity contribution < 1.29 is 5.11 Å². The maximum atomic E-state index is 9.22. The molecule has 0 aromatic heterocycles. The fourth-order valence-electron chi connectivity index (χ4n) is 2.31. The van der Waals surface area contributed by atoms with E-state index in [0.29, 0.717) is 18.7 Å². The highest BCUT2D eigenvalue weighted by Gasteiger charge is 2.44. The predicted octanol–water partition coefficient (Wildman–Crippen LogP) is 0.584. The first kappa shape index (κ1) is 10.4. The van der Waals surface area contributed by atoms with Crippen LogP contribution < -0.4 is 5.32 Å². The van der Waals surface area contributed by atoms with Gasteiger partial charge in [0.05, 0.1) is 6.61 Å². The van der Waals surface area contributed by atoms with Gasteiger partial charge >= 0.3 is 0 Å². The molecule has 2 fully saturated rings. The summed E-state index contributed by atoms with van der Waals surface area (Å²) in [4.78, 5) is 2.51. The van der Waals surface area contributed by atoms with Crippen LogP contribution in [-0.2, 0) is 0 Å². The van der Waals surface area contributed by atoms with Crippen LogP contribution in [0.3, 0.4) is 0 Å². The van der Waals surface area contributed by atoms with Gasteiger partial charge in [-0.15, -0.1) is 0 Å². The third-order valence-corrected chi connectivity index (χ3v) is 3.62.